The predicted molar refractivity (Wildman–Crippen MR) is 52.1 cm³/mol. The Kier molecular flexibility index (Phi) is 2.55. The Morgan fingerprint density at radius 1 is 1.38 bits per heavy atom. The fourth-order valence-corrected chi connectivity index (χ4v) is 2.89. The van der Waals surface area contributed by atoms with Crippen LogP contribution in [0.25, 0.3) is 0 Å². The summed E-state index contributed by atoms with van der Waals surface area (Å²) in [7, 11) is 0. The Bertz CT molecular complexity index is 207. The first-order valence-electron chi connectivity index (χ1n) is 5.42. The first kappa shape index (κ1) is 9.02. The first-order valence-corrected chi connectivity index (χ1v) is 5.42. The highest BCUT2D eigenvalue weighted by Gasteiger charge is 2.37. The third kappa shape index (κ3) is 1.71. The van der Waals surface area contributed by atoms with Crippen LogP contribution in [0.1, 0.15) is 32.6 Å². The van der Waals surface area contributed by atoms with Gasteiger partial charge < -0.3 is 0 Å². The van der Waals surface area contributed by atoms with Gasteiger partial charge in [-0.25, -0.2) is 0 Å². The molecule has 1 aliphatic carbocycles. The van der Waals surface area contributed by atoms with E-state index in [2.05, 4.69) is 17.9 Å². The maximum Gasteiger partial charge on any atom is 0.0638 e. The minimum Gasteiger partial charge on any atom is -0.299 e. The van der Waals surface area contributed by atoms with Crippen molar-refractivity contribution in [3.8, 4) is 6.07 Å². The molecule has 72 valence electrons. The second-order valence-corrected chi connectivity index (χ2v) is 4.62. The van der Waals surface area contributed by atoms with Gasteiger partial charge in [-0.05, 0) is 31.6 Å². The van der Waals surface area contributed by atoms with E-state index in [-0.39, 0.29) is 0 Å². The van der Waals surface area contributed by atoms with Crippen molar-refractivity contribution in [2.45, 2.75) is 38.6 Å². The predicted octanol–water partition coefficient (Wildman–Crippen LogP) is 2.02. The standard InChI is InChI=1S/C11H18N2/c1-9(5-6-12)13-7-10-3-2-4-11(10)8-13/h9-11H,2-5,7-8H2,1H3. The molecule has 1 saturated carbocycles. The number of likely N-dealkylation sites (tertiary alicyclic amines) is 1. The maximum absolute atomic E-state index is 8.62. The molecule has 3 atom stereocenters. The molecule has 3 unspecified atom stereocenters. The van der Waals surface area contributed by atoms with Crippen LogP contribution in [0.2, 0.25) is 0 Å². The normalized spacial score (nSPS) is 35.7. The van der Waals surface area contributed by atoms with E-state index < -0.39 is 0 Å². The van der Waals surface area contributed by atoms with Crippen LogP contribution < -0.4 is 0 Å². The molecule has 1 saturated heterocycles. The lowest BCUT2D eigenvalue weighted by atomic mass is 10.0. The Labute approximate surface area is 80.5 Å². The molecule has 0 aromatic carbocycles. The Balaban J connectivity index is 1.88. The number of hydrogen-bond donors (Lipinski definition) is 0. The van der Waals surface area contributed by atoms with E-state index in [0.29, 0.717) is 12.5 Å². The highest BCUT2D eigenvalue weighted by molar-refractivity contribution is 4.92. The van der Waals surface area contributed by atoms with Gasteiger partial charge in [-0.3, -0.25) is 4.90 Å². The SMILES string of the molecule is CC(CC#N)N1CC2CCCC2C1. The molecule has 0 aromatic heterocycles. The molecule has 0 amide bonds. The molecule has 2 heteroatoms. The van der Waals surface area contributed by atoms with Crippen molar-refractivity contribution in [1.82, 2.24) is 4.90 Å². The number of fused-ring (bicyclic) bond motifs is 1. The summed E-state index contributed by atoms with van der Waals surface area (Å²) >= 11 is 0. The summed E-state index contributed by atoms with van der Waals surface area (Å²) in [5.41, 5.74) is 0. The first-order chi connectivity index (χ1) is 6.31. The van der Waals surface area contributed by atoms with Gasteiger partial charge in [0.1, 0.15) is 0 Å². The van der Waals surface area contributed by atoms with Crippen LogP contribution in [-0.4, -0.2) is 24.0 Å². The van der Waals surface area contributed by atoms with E-state index in [4.69, 9.17) is 5.26 Å². The van der Waals surface area contributed by atoms with Crippen molar-refractivity contribution in [2.75, 3.05) is 13.1 Å². The van der Waals surface area contributed by atoms with Gasteiger partial charge in [0, 0.05) is 19.1 Å². The zero-order valence-electron chi connectivity index (χ0n) is 8.37. The second-order valence-electron chi connectivity index (χ2n) is 4.62. The summed E-state index contributed by atoms with van der Waals surface area (Å²) in [5, 5.41) is 8.62. The Morgan fingerprint density at radius 3 is 2.54 bits per heavy atom. The third-order valence-electron chi connectivity index (χ3n) is 3.76. The minimum absolute atomic E-state index is 0.482. The van der Waals surface area contributed by atoms with E-state index in [1.165, 1.54) is 32.4 Å². The molecule has 0 N–H and O–H groups in total. The number of nitriles is 1. The summed E-state index contributed by atoms with van der Waals surface area (Å²) < 4.78 is 0. The monoisotopic (exact) mass is 178 g/mol. The molecule has 2 fully saturated rings. The highest BCUT2D eigenvalue weighted by atomic mass is 15.2. The molecular weight excluding hydrogens is 160 g/mol. The van der Waals surface area contributed by atoms with E-state index in [0.717, 1.165) is 11.8 Å². The van der Waals surface area contributed by atoms with Gasteiger partial charge in [0.15, 0.2) is 0 Å². The molecule has 0 radical (unpaired) electrons. The van der Waals surface area contributed by atoms with Crippen molar-refractivity contribution in [3.63, 3.8) is 0 Å². The minimum atomic E-state index is 0.482. The Hall–Kier alpha value is -0.550. The van der Waals surface area contributed by atoms with Crippen LogP contribution in [0.3, 0.4) is 0 Å². The average Bonchev–Trinajstić information content (AvgIpc) is 2.61. The van der Waals surface area contributed by atoms with Gasteiger partial charge in [-0.2, -0.15) is 5.26 Å². The van der Waals surface area contributed by atoms with Crippen LogP contribution in [-0.2, 0) is 0 Å². The van der Waals surface area contributed by atoms with Crippen LogP contribution >= 0.6 is 0 Å². The Morgan fingerprint density at radius 2 is 2.00 bits per heavy atom. The molecule has 0 bridgehead atoms. The summed E-state index contributed by atoms with van der Waals surface area (Å²) in [6, 6.07) is 2.75. The van der Waals surface area contributed by atoms with Crippen LogP contribution in [0, 0.1) is 23.2 Å². The molecule has 2 aliphatic rings. The molecule has 0 spiro atoms. The van der Waals surface area contributed by atoms with Gasteiger partial charge in [0.2, 0.25) is 0 Å². The number of nitrogens with zero attached hydrogens (tertiary/aromatic N) is 2. The molecular formula is C11H18N2. The molecule has 1 heterocycles. The zero-order valence-corrected chi connectivity index (χ0v) is 8.37. The molecule has 2 rings (SSSR count). The van der Waals surface area contributed by atoms with E-state index in [1.54, 1.807) is 0 Å². The summed E-state index contributed by atoms with van der Waals surface area (Å²) in [5.74, 6) is 1.92. The smallest absolute Gasteiger partial charge is 0.0638 e. The van der Waals surface area contributed by atoms with Crippen LogP contribution in [0.4, 0.5) is 0 Å². The average molecular weight is 178 g/mol. The van der Waals surface area contributed by atoms with Crippen molar-refractivity contribution in [1.29, 1.82) is 5.26 Å². The van der Waals surface area contributed by atoms with Crippen molar-refractivity contribution in [3.05, 3.63) is 0 Å². The molecule has 0 aromatic rings. The van der Waals surface area contributed by atoms with Gasteiger partial charge in [-0.15, -0.1) is 0 Å². The topological polar surface area (TPSA) is 27.0 Å². The second kappa shape index (κ2) is 3.67. The van der Waals surface area contributed by atoms with E-state index in [9.17, 15) is 0 Å². The summed E-state index contributed by atoms with van der Waals surface area (Å²) in [6.45, 7) is 4.70. The summed E-state index contributed by atoms with van der Waals surface area (Å²) in [4.78, 5) is 2.51. The van der Waals surface area contributed by atoms with Crippen LogP contribution in [0.5, 0.6) is 0 Å². The van der Waals surface area contributed by atoms with Gasteiger partial charge in [-0.1, -0.05) is 6.42 Å². The lowest BCUT2D eigenvalue weighted by Crippen LogP contribution is -2.31. The zero-order chi connectivity index (χ0) is 9.26. The lowest BCUT2D eigenvalue weighted by molar-refractivity contribution is 0.242. The number of rotatable bonds is 2. The summed E-state index contributed by atoms with van der Waals surface area (Å²) in [6.07, 6.45) is 5.00. The number of hydrogen-bond acceptors (Lipinski definition) is 2. The maximum atomic E-state index is 8.62. The van der Waals surface area contributed by atoms with Gasteiger partial charge >= 0.3 is 0 Å². The van der Waals surface area contributed by atoms with Gasteiger partial charge in [0.05, 0.1) is 12.5 Å². The molecule has 2 nitrogen and oxygen atoms in total. The largest absolute Gasteiger partial charge is 0.299 e. The molecule has 1 aliphatic heterocycles. The third-order valence-corrected chi connectivity index (χ3v) is 3.76. The fraction of sp³-hybridized carbons (Fsp3) is 0.909. The quantitative estimate of drug-likeness (QED) is 0.647. The van der Waals surface area contributed by atoms with E-state index >= 15 is 0 Å². The van der Waals surface area contributed by atoms with Gasteiger partial charge in [0.25, 0.3) is 0 Å². The van der Waals surface area contributed by atoms with E-state index in [1.807, 2.05) is 0 Å². The van der Waals surface area contributed by atoms with Crippen molar-refractivity contribution in [2.24, 2.45) is 11.8 Å². The van der Waals surface area contributed by atoms with Crippen molar-refractivity contribution < 1.29 is 0 Å². The van der Waals surface area contributed by atoms with Crippen LogP contribution in [0.15, 0.2) is 0 Å². The highest BCUT2D eigenvalue weighted by Crippen LogP contribution is 2.38. The lowest BCUT2D eigenvalue weighted by Gasteiger charge is -2.22. The molecule has 13 heavy (non-hydrogen) atoms. The van der Waals surface area contributed by atoms with Crippen molar-refractivity contribution >= 4 is 0 Å². The fourth-order valence-electron chi connectivity index (χ4n) is 2.89.